The number of nitrogens with zero attached hydrogens (tertiary/aromatic N) is 3. The molecule has 0 aliphatic carbocycles. The van der Waals surface area contributed by atoms with Crippen molar-refractivity contribution in [2.45, 2.75) is 0 Å². The highest BCUT2D eigenvalue weighted by molar-refractivity contribution is 6.33. The highest BCUT2D eigenvalue weighted by Gasteiger charge is 2.25. The van der Waals surface area contributed by atoms with Gasteiger partial charge in [-0.25, -0.2) is 8.78 Å². The predicted octanol–water partition coefficient (Wildman–Crippen LogP) is 3.97. The zero-order valence-corrected chi connectivity index (χ0v) is 15.6. The molecular weight excluding hydrogens is 386 g/mol. The van der Waals surface area contributed by atoms with E-state index in [4.69, 9.17) is 11.6 Å². The van der Waals surface area contributed by atoms with Crippen molar-refractivity contribution in [1.82, 2.24) is 15.1 Å². The van der Waals surface area contributed by atoms with E-state index in [2.05, 4.69) is 15.1 Å². The molecule has 144 valence electrons. The minimum atomic E-state index is -0.490. The number of amides is 1. The zero-order chi connectivity index (χ0) is 19.7. The fourth-order valence-corrected chi connectivity index (χ4v) is 3.42. The lowest BCUT2D eigenvalue weighted by atomic mass is 10.1. The van der Waals surface area contributed by atoms with Crippen LogP contribution in [-0.4, -0.2) is 47.2 Å². The van der Waals surface area contributed by atoms with E-state index in [1.807, 2.05) is 6.07 Å². The molecule has 2 aromatic carbocycles. The van der Waals surface area contributed by atoms with E-state index < -0.39 is 5.82 Å². The summed E-state index contributed by atoms with van der Waals surface area (Å²) < 4.78 is 26.5. The van der Waals surface area contributed by atoms with E-state index in [1.54, 1.807) is 17.0 Å². The summed E-state index contributed by atoms with van der Waals surface area (Å²) in [5.74, 6) is -0.299. The third kappa shape index (κ3) is 3.71. The maximum atomic E-state index is 13.5. The fourth-order valence-electron chi connectivity index (χ4n) is 3.22. The molecule has 3 aromatic rings. The Hall–Kier alpha value is -2.93. The number of carbonyl (C=O) groups excluding carboxylic acids is 1. The number of rotatable bonds is 3. The summed E-state index contributed by atoms with van der Waals surface area (Å²) >= 11 is 6.04. The first-order chi connectivity index (χ1) is 13.5. The lowest BCUT2D eigenvalue weighted by Crippen LogP contribution is -2.49. The van der Waals surface area contributed by atoms with Crippen LogP contribution in [0.1, 0.15) is 10.4 Å². The van der Waals surface area contributed by atoms with Gasteiger partial charge in [-0.3, -0.25) is 9.89 Å². The van der Waals surface area contributed by atoms with Crippen molar-refractivity contribution >= 4 is 23.3 Å². The van der Waals surface area contributed by atoms with Gasteiger partial charge in [-0.15, -0.1) is 0 Å². The summed E-state index contributed by atoms with van der Waals surface area (Å²) in [4.78, 5) is 16.3. The standard InChI is InChI=1S/C20H17ClF2N4O/c21-17-6-5-15(23)11-16(17)20(28)27-9-7-26(8-10-27)19-12-18(24-25-19)13-1-3-14(22)4-2-13/h1-6,11-12H,7-10H2,(H,24,25). The summed E-state index contributed by atoms with van der Waals surface area (Å²) in [5.41, 5.74) is 1.81. The van der Waals surface area contributed by atoms with Gasteiger partial charge in [-0.2, -0.15) is 5.10 Å². The van der Waals surface area contributed by atoms with Crippen LogP contribution in [0.5, 0.6) is 0 Å². The Labute approximate surface area is 165 Å². The van der Waals surface area contributed by atoms with E-state index in [0.717, 1.165) is 17.1 Å². The number of piperazine rings is 1. The molecule has 8 heteroatoms. The summed E-state index contributed by atoms with van der Waals surface area (Å²) in [7, 11) is 0. The Morgan fingerprint density at radius 2 is 1.64 bits per heavy atom. The van der Waals surface area contributed by atoms with Gasteiger partial charge in [0.1, 0.15) is 11.6 Å². The first kappa shape index (κ1) is 18.4. The molecule has 1 amide bonds. The summed E-state index contributed by atoms with van der Waals surface area (Å²) in [6.07, 6.45) is 0. The number of benzene rings is 2. The Kier molecular flexibility index (Phi) is 5.00. The minimum Gasteiger partial charge on any atom is -0.352 e. The second-order valence-corrected chi connectivity index (χ2v) is 6.96. The number of aromatic amines is 1. The maximum Gasteiger partial charge on any atom is 0.255 e. The van der Waals surface area contributed by atoms with Crippen LogP contribution in [-0.2, 0) is 0 Å². The first-order valence-electron chi connectivity index (χ1n) is 8.82. The number of nitrogens with one attached hydrogen (secondary N) is 1. The van der Waals surface area contributed by atoms with Crippen LogP contribution in [0.25, 0.3) is 11.3 Å². The normalized spacial score (nSPS) is 14.4. The molecule has 0 bridgehead atoms. The average Bonchev–Trinajstić information content (AvgIpc) is 3.20. The molecule has 1 fully saturated rings. The molecule has 0 saturated carbocycles. The monoisotopic (exact) mass is 402 g/mol. The topological polar surface area (TPSA) is 52.2 Å². The van der Waals surface area contributed by atoms with E-state index in [0.29, 0.717) is 26.2 Å². The van der Waals surface area contributed by atoms with Crippen molar-refractivity contribution in [3.05, 3.63) is 70.8 Å². The molecule has 28 heavy (non-hydrogen) atoms. The van der Waals surface area contributed by atoms with Crippen molar-refractivity contribution in [2.75, 3.05) is 31.1 Å². The van der Waals surface area contributed by atoms with E-state index >= 15 is 0 Å². The van der Waals surface area contributed by atoms with Gasteiger partial charge in [0.2, 0.25) is 0 Å². The zero-order valence-electron chi connectivity index (χ0n) is 14.8. The average molecular weight is 403 g/mol. The van der Waals surface area contributed by atoms with Crippen LogP contribution in [0.3, 0.4) is 0 Å². The molecule has 1 saturated heterocycles. The highest BCUT2D eigenvalue weighted by atomic mass is 35.5. The van der Waals surface area contributed by atoms with Crippen LogP contribution in [0.4, 0.5) is 14.6 Å². The number of hydrogen-bond acceptors (Lipinski definition) is 3. The number of carbonyl (C=O) groups is 1. The Morgan fingerprint density at radius 3 is 2.36 bits per heavy atom. The molecule has 1 N–H and O–H groups in total. The molecule has 0 atom stereocenters. The predicted molar refractivity (Wildman–Crippen MR) is 104 cm³/mol. The van der Waals surface area contributed by atoms with Gasteiger partial charge in [0.25, 0.3) is 5.91 Å². The van der Waals surface area contributed by atoms with Crippen molar-refractivity contribution < 1.29 is 13.6 Å². The Bertz CT molecular complexity index is 998. The van der Waals surface area contributed by atoms with Gasteiger partial charge in [-0.1, -0.05) is 11.6 Å². The molecular formula is C20H17ClF2N4O. The molecule has 0 radical (unpaired) electrons. The van der Waals surface area contributed by atoms with Gasteiger partial charge in [0.15, 0.2) is 5.82 Å². The van der Waals surface area contributed by atoms with Gasteiger partial charge in [0, 0.05) is 32.2 Å². The van der Waals surface area contributed by atoms with Gasteiger partial charge in [0.05, 0.1) is 16.3 Å². The number of H-pyrrole nitrogens is 1. The molecule has 4 rings (SSSR count). The van der Waals surface area contributed by atoms with Crippen LogP contribution in [0.2, 0.25) is 5.02 Å². The smallest absolute Gasteiger partial charge is 0.255 e. The highest BCUT2D eigenvalue weighted by Crippen LogP contribution is 2.24. The number of anilines is 1. The first-order valence-corrected chi connectivity index (χ1v) is 9.20. The van der Waals surface area contributed by atoms with Crippen LogP contribution < -0.4 is 4.90 Å². The van der Waals surface area contributed by atoms with Crippen LogP contribution >= 0.6 is 11.6 Å². The van der Waals surface area contributed by atoms with Gasteiger partial charge >= 0.3 is 0 Å². The molecule has 5 nitrogen and oxygen atoms in total. The lowest BCUT2D eigenvalue weighted by Gasteiger charge is -2.35. The molecule has 0 unspecified atom stereocenters. The van der Waals surface area contributed by atoms with E-state index in [1.165, 1.54) is 30.3 Å². The van der Waals surface area contributed by atoms with Crippen LogP contribution in [0.15, 0.2) is 48.5 Å². The number of aromatic nitrogens is 2. The summed E-state index contributed by atoms with van der Waals surface area (Å²) in [6, 6.07) is 11.9. The van der Waals surface area contributed by atoms with E-state index in [9.17, 15) is 13.6 Å². The molecule has 2 heterocycles. The maximum absolute atomic E-state index is 13.5. The third-order valence-electron chi connectivity index (χ3n) is 4.77. The SMILES string of the molecule is O=C(c1cc(F)ccc1Cl)N1CCN(c2cc(-c3ccc(F)cc3)[nH]n2)CC1. The number of halogens is 3. The fraction of sp³-hybridized carbons (Fsp3) is 0.200. The third-order valence-corrected chi connectivity index (χ3v) is 5.10. The van der Waals surface area contributed by atoms with Gasteiger partial charge in [-0.05, 0) is 48.0 Å². The quantitative estimate of drug-likeness (QED) is 0.721. The van der Waals surface area contributed by atoms with Crippen molar-refractivity contribution in [2.24, 2.45) is 0 Å². The Morgan fingerprint density at radius 1 is 0.964 bits per heavy atom. The summed E-state index contributed by atoms with van der Waals surface area (Å²) in [5, 5.41) is 7.52. The molecule has 1 aliphatic heterocycles. The second kappa shape index (κ2) is 7.59. The van der Waals surface area contributed by atoms with Crippen LogP contribution in [0, 0.1) is 11.6 Å². The Balaban J connectivity index is 1.42. The summed E-state index contributed by atoms with van der Waals surface area (Å²) in [6.45, 7) is 2.13. The second-order valence-electron chi connectivity index (χ2n) is 6.55. The molecule has 1 aliphatic rings. The van der Waals surface area contributed by atoms with Crippen molar-refractivity contribution in [3.63, 3.8) is 0 Å². The largest absolute Gasteiger partial charge is 0.352 e. The van der Waals surface area contributed by atoms with E-state index in [-0.39, 0.29) is 22.3 Å². The van der Waals surface area contributed by atoms with Crippen molar-refractivity contribution in [3.8, 4) is 11.3 Å². The number of hydrogen-bond donors (Lipinski definition) is 1. The molecule has 1 aromatic heterocycles. The van der Waals surface area contributed by atoms with Gasteiger partial charge < -0.3 is 9.80 Å². The molecule has 0 spiro atoms. The lowest BCUT2D eigenvalue weighted by molar-refractivity contribution is 0.0746. The minimum absolute atomic E-state index is 0.175. The van der Waals surface area contributed by atoms with Crippen molar-refractivity contribution in [1.29, 1.82) is 0 Å².